The van der Waals surface area contributed by atoms with Crippen LogP contribution in [0.4, 0.5) is 5.69 Å². The van der Waals surface area contributed by atoms with E-state index in [1.54, 1.807) is 0 Å². The van der Waals surface area contributed by atoms with Crippen LogP contribution in [0.3, 0.4) is 0 Å². The van der Waals surface area contributed by atoms with Crippen LogP contribution in [0.15, 0.2) is 18.2 Å². The van der Waals surface area contributed by atoms with Crippen molar-refractivity contribution in [2.75, 3.05) is 11.9 Å². The summed E-state index contributed by atoms with van der Waals surface area (Å²) in [6.07, 6.45) is 2.40. The van der Waals surface area contributed by atoms with Crippen molar-refractivity contribution in [2.45, 2.75) is 52.6 Å². The smallest absolute Gasteiger partial charge is 0.262 e. The van der Waals surface area contributed by atoms with Crippen LogP contribution in [0.5, 0.6) is 5.75 Å². The summed E-state index contributed by atoms with van der Waals surface area (Å²) in [7, 11) is 0. The first-order valence-corrected chi connectivity index (χ1v) is 7.78. The molecule has 21 heavy (non-hydrogen) atoms. The fourth-order valence-electron chi connectivity index (χ4n) is 2.56. The summed E-state index contributed by atoms with van der Waals surface area (Å²) < 4.78 is 5.38. The average Bonchev–Trinajstić information content (AvgIpc) is 2.44. The molecule has 0 fully saturated rings. The van der Waals surface area contributed by atoms with E-state index in [-0.39, 0.29) is 18.6 Å². The van der Waals surface area contributed by atoms with E-state index in [0.717, 1.165) is 22.9 Å². The number of hydrogen-bond donors (Lipinski definition) is 2. The SMILES string of the molecule is CC(C)CCC(C)NC(C)c1ccc2c(c1)NC(=O)CO2. The van der Waals surface area contributed by atoms with Crippen LogP contribution >= 0.6 is 0 Å². The minimum Gasteiger partial charge on any atom is -0.482 e. The first-order chi connectivity index (χ1) is 9.95. The molecule has 2 rings (SSSR count). The van der Waals surface area contributed by atoms with Gasteiger partial charge in [-0.1, -0.05) is 19.9 Å². The summed E-state index contributed by atoms with van der Waals surface area (Å²) >= 11 is 0. The average molecular weight is 290 g/mol. The van der Waals surface area contributed by atoms with Gasteiger partial charge in [-0.25, -0.2) is 0 Å². The predicted octanol–water partition coefficient (Wildman–Crippen LogP) is 3.49. The summed E-state index contributed by atoms with van der Waals surface area (Å²) in [5.74, 6) is 1.39. The van der Waals surface area contributed by atoms with Crippen LogP contribution in [0, 0.1) is 5.92 Å². The molecule has 0 aromatic heterocycles. The highest BCUT2D eigenvalue weighted by Crippen LogP contribution is 2.30. The Balaban J connectivity index is 1.98. The molecule has 116 valence electrons. The van der Waals surface area contributed by atoms with Gasteiger partial charge in [-0.05, 0) is 50.3 Å². The maximum absolute atomic E-state index is 11.4. The zero-order valence-corrected chi connectivity index (χ0v) is 13.4. The van der Waals surface area contributed by atoms with Crippen molar-refractivity contribution >= 4 is 11.6 Å². The molecule has 0 aliphatic carbocycles. The molecule has 2 atom stereocenters. The molecule has 1 aromatic rings. The molecule has 1 heterocycles. The molecular weight excluding hydrogens is 264 g/mol. The molecule has 4 heteroatoms. The third-order valence-electron chi connectivity index (χ3n) is 3.85. The van der Waals surface area contributed by atoms with Gasteiger partial charge in [0, 0.05) is 12.1 Å². The van der Waals surface area contributed by atoms with E-state index in [4.69, 9.17) is 4.74 Å². The Morgan fingerprint density at radius 2 is 2.00 bits per heavy atom. The first-order valence-electron chi connectivity index (χ1n) is 7.78. The van der Waals surface area contributed by atoms with Gasteiger partial charge in [0.05, 0.1) is 5.69 Å². The van der Waals surface area contributed by atoms with Crippen molar-refractivity contribution < 1.29 is 9.53 Å². The summed E-state index contributed by atoms with van der Waals surface area (Å²) in [5.41, 5.74) is 1.93. The molecule has 0 radical (unpaired) electrons. The molecule has 4 nitrogen and oxygen atoms in total. The zero-order chi connectivity index (χ0) is 15.4. The lowest BCUT2D eigenvalue weighted by molar-refractivity contribution is -0.118. The van der Waals surface area contributed by atoms with Crippen molar-refractivity contribution in [1.82, 2.24) is 5.32 Å². The fourth-order valence-corrected chi connectivity index (χ4v) is 2.56. The quantitative estimate of drug-likeness (QED) is 0.843. The Hall–Kier alpha value is -1.55. The van der Waals surface area contributed by atoms with E-state index in [0.29, 0.717) is 6.04 Å². The Labute approximate surface area is 127 Å². The minimum absolute atomic E-state index is 0.0921. The van der Waals surface area contributed by atoms with Gasteiger partial charge in [0.15, 0.2) is 6.61 Å². The van der Waals surface area contributed by atoms with Crippen molar-refractivity contribution in [2.24, 2.45) is 5.92 Å². The van der Waals surface area contributed by atoms with Gasteiger partial charge in [-0.15, -0.1) is 0 Å². The summed E-state index contributed by atoms with van der Waals surface area (Å²) in [4.78, 5) is 11.4. The fraction of sp³-hybridized carbons (Fsp3) is 0.588. The Bertz CT molecular complexity index is 500. The van der Waals surface area contributed by atoms with Gasteiger partial charge in [-0.3, -0.25) is 4.79 Å². The highest BCUT2D eigenvalue weighted by Gasteiger charge is 2.18. The maximum Gasteiger partial charge on any atom is 0.262 e. The van der Waals surface area contributed by atoms with Crippen LogP contribution < -0.4 is 15.4 Å². The number of benzene rings is 1. The third kappa shape index (κ3) is 4.46. The molecule has 1 aliphatic rings. The van der Waals surface area contributed by atoms with E-state index >= 15 is 0 Å². The molecule has 2 N–H and O–H groups in total. The Morgan fingerprint density at radius 3 is 2.71 bits per heavy atom. The van der Waals surface area contributed by atoms with Crippen LogP contribution in [0.2, 0.25) is 0 Å². The number of carbonyl (C=O) groups is 1. The lowest BCUT2D eigenvalue weighted by Crippen LogP contribution is -2.30. The van der Waals surface area contributed by atoms with E-state index in [1.807, 2.05) is 12.1 Å². The molecule has 0 spiro atoms. The topological polar surface area (TPSA) is 50.4 Å². The van der Waals surface area contributed by atoms with Crippen molar-refractivity contribution in [3.63, 3.8) is 0 Å². The van der Waals surface area contributed by atoms with Gasteiger partial charge in [0.1, 0.15) is 5.75 Å². The molecule has 0 saturated heterocycles. The Morgan fingerprint density at radius 1 is 1.24 bits per heavy atom. The highest BCUT2D eigenvalue weighted by atomic mass is 16.5. The van der Waals surface area contributed by atoms with Gasteiger partial charge in [0.2, 0.25) is 0 Å². The van der Waals surface area contributed by atoms with Gasteiger partial charge in [0.25, 0.3) is 5.91 Å². The highest BCUT2D eigenvalue weighted by molar-refractivity contribution is 5.95. The maximum atomic E-state index is 11.4. The monoisotopic (exact) mass is 290 g/mol. The van der Waals surface area contributed by atoms with E-state index in [2.05, 4.69) is 44.4 Å². The van der Waals surface area contributed by atoms with Gasteiger partial charge < -0.3 is 15.4 Å². The van der Waals surface area contributed by atoms with Crippen LogP contribution in [-0.2, 0) is 4.79 Å². The lowest BCUT2D eigenvalue weighted by Gasteiger charge is -2.23. The molecular formula is C17H26N2O2. The number of rotatable bonds is 6. The standard InChI is InChI=1S/C17H26N2O2/c1-11(2)5-6-12(3)18-13(4)14-7-8-16-15(9-14)19-17(20)10-21-16/h7-9,11-13,18H,5-6,10H2,1-4H3,(H,19,20). The summed E-state index contributed by atoms with van der Waals surface area (Å²) in [6, 6.07) is 6.71. The van der Waals surface area contributed by atoms with Gasteiger partial charge in [-0.2, -0.15) is 0 Å². The molecule has 1 aromatic carbocycles. The van der Waals surface area contributed by atoms with Crippen molar-refractivity contribution in [3.8, 4) is 5.75 Å². The third-order valence-corrected chi connectivity index (χ3v) is 3.85. The number of nitrogens with one attached hydrogen (secondary N) is 2. The van der Waals surface area contributed by atoms with Crippen LogP contribution in [0.25, 0.3) is 0 Å². The molecule has 2 unspecified atom stereocenters. The van der Waals surface area contributed by atoms with Crippen molar-refractivity contribution in [3.05, 3.63) is 23.8 Å². The Kier molecular flexibility index (Phi) is 5.23. The molecule has 1 amide bonds. The second-order valence-corrected chi connectivity index (χ2v) is 6.35. The molecule has 0 saturated carbocycles. The van der Waals surface area contributed by atoms with Gasteiger partial charge >= 0.3 is 0 Å². The number of ether oxygens (including phenoxy) is 1. The minimum atomic E-state index is -0.0921. The first kappa shape index (κ1) is 15.8. The van der Waals surface area contributed by atoms with E-state index < -0.39 is 0 Å². The molecule has 0 bridgehead atoms. The number of amides is 1. The normalized spacial score (nSPS) is 16.9. The van der Waals surface area contributed by atoms with Crippen LogP contribution in [0.1, 0.15) is 52.1 Å². The van der Waals surface area contributed by atoms with E-state index in [1.165, 1.54) is 12.8 Å². The second kappa shape index (κ2) is 6.94. The number of carbonyl (C=O) groups excluding carboxylic acids is 1. The lowest BCUT2D eigenvalue weighted by atomic mass is 10.0. The predicted molar refractivity (Wildman–Crippen MR) is 85.7 cm³/mol. The number of anilines is 1. The molecule has 1 aliphatic heterocycles. The van der Waals surface area contributed by atoms with E-state index in [9.17, 15) is 4.79 Å². The van der Waals surface area contributed by atoms with Crippen molar-refractivity contribution in [1.29, 1.82) is 0 Å². The second-order valence-electron chi connectivity index (χ2n) is 6.35. The summed E-state index contributed by atoms with van der Waals surface area (Å²) in [5, 5.41) is 6.47. The zero-order valence-electron chi connectivity index (χ0n) is 13.4. The number of fused-ring (bicyclic) bond motifs is 1. The largest absolute Gasteiger partial charge is 0.482 e. The van der Waals surface area contributed by atoms with Crippen LogP contribution in [-0.4, -0.2) is 18.6 Å². The summed E-state index contributed by atoms with van der Waals surface area (Å²) in [6.45, 7) is 8.98. The number of hydrogen-bond acceptors (Lipinski definition) is 3.